The molecule has 6 heteroatoms. The van der Waals surface area contributed by atoms with Crippen molar-refractivity contribution in [3.63, 3.8) is 0 Å². The summed E-state index contributed by atoms with van der Waals surface area (Å²) in [5.41, 5.74) is 13.4. The van der Waals surface area contributed by atoms with Crippen LogP contribution in [0.15, 0.2) is 0 Å². The second kappa shape index (κ2) is 2.67. The van der Waals surface area contributed by atoms with Gasteiger partial charge in [-0.3, -0.25) is 0 Å². The van der Waals surface area contributed by atoms with Crippen molar-refractivity contribution < 1.29 is 5.11 Å². The van der Waals surface area contributed by atoms with Gasteiger partial charge in [-0.05, 0) is 0 Å². The molecule has 7 N–H and O–H groups in total. The molecule has 0 amide bonds. The van der Waals surface area contributed by atoms with Crippen molar-refractivity contribution in [2.24, 2.45) is 0 Å². The van der Waals surface area contributed by atoms with Crippen LogP contribution in [-0.2, 0) is 6.42 Å². The van der Waals surface area contributed by atoms with Gasteiger partial charge in [-0.2, -0.15) is 4.98 Å². The van der Waals surface area contributed by atoms with Crippen LogP contribution in [0.1, 0.15) is 5.56 Å². The standard InChI is InChI=1S/C7H11N5O/c8-5-3(1-2-13)4-6(11-5)12-7(9)10-4/h11,13H,1-2,8H2,(H3,9,10,12). The maximum absolute atomic E-state index is 8.79. The van der Waals surface area contributed by atoms with E-state index < -0.39 is 0 Å². The summed E-state index contributed by atoms with van der Waals surface area (Å²) in [4.78, 5) is 9.74. The first-order valence-electron chi connectivity index (χ1n) is 3.94. The molecule has 0 fully saturated rings. The minimum atomic E-state index is 0.0517. The van der Waals surface area contributed by atoms with Crippen molar-refractivity contribution in [1.82, 2.24) is 15.0 Å². The van der Waals surface area contributed by atoms with E-state index in [1.54, 1.807) is 0 Å². The number of rotatable bonds is 2. The van der Waals surface area contributed by atoms with Gasteiger partial charge in [0.05, 0.1) is 5.52 Å². The minimum absolute atomic E-state index is 0.0517. The summed E-state index contributed by atoms with van der Waals surface area (Å²) in [5, 5.41) is 8.79. The number of hydrogen-bond donors (Lipinski definition) is 5. The van der Waals surface area contributed by atoms with E-state index in [1.807, 2.05) is 0 Å². The third-order valence-corrected chi connectivity index (χ3v) is 1.96. The number of aromatic nitrogens is 3. The quantitative estimate of drug-likeness (QED) is 0.433. The van der Waals surface area contributed by atoms with Gasteiger partial charge < -0.3 is 26.5 Å². The lowest BCUT2D eigenvalue weighted by Gasteiger charge is -1.95. The van der Waals surface area contributed by atoms with Gasteiger partial charge in [0, 0.05) is 18.6 Å². The second-order valence-electron chi connectivity index (χ2n) is 2.84. The minimum Gasteiger partial charge on any atom is -0.396 e. The molecule has 2 heterocycles. The first-order chi connectivity index (χ1) is 6.22. The van der Waals surface area contributed by atoms with Gasteiger partial charge in [0.25, 0.3) is 0 Å². The summed E-state index contributed by atoms with van der Waals surface area (Å²) in [7, 11) is 0. The van der Waals surface area contributed by atoms with E-state index in [4.69, 9.17) is 16.6 Å². The Labute approximate surface area is 74.0 Å². The van der Waals surface area contributed by atoms with Crippen molar-refractivity contribution in [3.8, 4) is 0 Å². The van der Waals surface area contributed by atoms with Crippen LogP contribution in [0.3, 0.4) is 0 Å². The Morgan fingerprint density at radius 3 is 2.77 bits per heavy atom. The lowest BCUT2D eigenvalue weighted by Crippen LogP contribution is -1.96. The number of H-pyrrole nitrogens is 2. The van der Waals surface area contributed by atoms with Crippen molar-refractivity contribution in [2.45, 2.75) is 6.42 Å². The number of anilines is 2. The summed E-state index contributed by atoms with van der Waals surface area (Å²) in [6, 6.07) is 0. The maximum Gasteiger partial charge on any atom is 0.199 e. The van der Waals surface area contributed by atoms with Crippen molar-refractivity contribution in [3.05, 3.63) is 5.56 Å². The number of nitrogens with two attached hydrogens (primary N) is 2. The van der Waals surface area contributed by atoms with Gasteiger partial charge >= 0.3 is 0 Å². The number of hydrogen-bond acceptors (Lipinski definition) is 4. The third-order valence-electron chi connectivity index (χ3n) is 1.96. The van der Waals surface area contributed by atoms with E-state index in [-0.39, 0.29) is 6.61 Å². The molecule has 70 valence electrons. The smallest absolute Gasteiger partial charge is 0.199 e. The number of nitrogen functional groups attached to an aromatic ring is 2. The van der Waals surface area contributed by atoms with Gasteiger partial charge in [-0.1, -0.05) is 0 Å². The number of aliphatic hydroxyl groups excluding tert-OH is 1. The Kier molecular flexibility index (Phi) is 1.63. The van der Waals surface area contributed by atoms with Crippen LogP contribution in [0.4, 0.5) is 11.8 Å². The van der Waals surface area contributed by atoms with Gasteiger partial charge in [0.15, 0.2) is 11.6 Å². The van der Waals surface area contributed by atoms with Crippen LogP contribution in [-0.4, -0.2) is 26.7 Å². The average Bonchev–Trinajstić information content (AvgIpc) is 2.52. The van der Waals surface area contributed by atoms with Crippen LogP contribution in [0, 0.1) is 0 Å². The molecule has 0 bridgehead atoms. The zero-order valence-corrected chi connectivity index (χ0v) is 6.96. The Hall–Kier alpha value is -1.69. The summed E-state index contributed by atoms with van der Waals surface area (Å²) >= 11 is 0. The Morgan fingerprint density at radius 1 is 1.31 bits per heavy atom. The van der Waals surface area contributed by atoms with E-state index in [0.717, 1.165) is 11.1 Å². The summed E-state index contributed by atoms with van der Waals surface area (Å²) in [6.45, 7) is 0.0517. The van der Waals surface area contributed by atoms with Crippen LogP contribution in [0.2, 0.25) is 0 Å². The SMILES string of the molecule is Nc1nc2[nH]c(N)c(CCO)c2[nH]1. The molecule has 0 aliphatic carbocycles. The van der Waals surface area contributed by atoms with Crippen LogP contribution >= 0.6 is 0 Å². The number of aromatic amines is 2. The molecular formula is C7H11N5O. The van der Waals surface area contributed by atoms with E-state index in [9.17, 15) is 0 Å². The molecule has 0 spiro atoms. The number of nitrogens with one attached hydrogen (secondary N) is 2. The summed E-state index contributed by atoms with van der Waals surface area (Å²) < 4.78 is 0. The summed E-state index contributed by atoms with van der Waals surface area (Å²) in [6.07, 6.45) is 0.494. The molecule has 0 saturated carbocycles. The lowest BCUT2D eigenvalue weighted by molar-refractivity contribution is 0.300. The van der Waals surface area contributed by atoms with Gasteiger partial charge in [0.2, 0.25) is 0 Å². The number of aliphatic hydroxyl groups is 1. The molecule has 0 saturated heterocycles. The maximum atomic E-state index is 8.79. The molecular weight excluding hydrogens is 170 g/mol. The Balaban J connectivity index is 2.61. The first kappa shape index (κ1) is 7.93. The van der Waals surface area contributed by atoms with Crippen LogP contribution in [0.25, 0.3) is 11.2 Å². The molecule has 0 radical (unpaired) electrons. The van der Waals surface area contributed by atoms with Crippen molar-refractivity contribution >= 4 is 22.9 Å². The molecule has 0 aromatic carbocycles. The highest BCUT2D eigenvalue weighted by atomic mass is 16.2. The molecule has 2 aromatic heterocycles. The molecule has 0 aliphatic heterocycles. The van der Waals surface area contributed by atoms with Gasteiger partial charge in [0.1, 0.15) is 5.82 Å². The van der Waals surface area contributed by atoms with E-state index in [0.29, 0.717) is 23.8 Å². The molecule has 2 aromatic rings. The monoisotopic (exact) mass is 181 g/mol. The zero-order chi connectivity index (χ0) is 9.42. The third kappa shape index (κ3) is 1.11. The van der Waals surface area contributed by atoms with E-state index in [1.165, 1.54) is 0 Å². The van der Waals surface area contributed by atoms with Gasteiger partial charge in [-0.15, -0.1) is 0 Å². The molecule has 13 heavy (non-hydrogen) atoms. The number of fused-ring (bicyclic) bond motifs is 1. The predicted octanol–water partition coefficient (Wildman–Crippen LogP) is -0.410. The second-order valence-corrected chi connectivity index (χ2v) is 2.84. The predicted molar refractivity (Wildman–Crippen MR) is 50.1 cm³/mol. The fraction of sp³-hybridized carbons (Fsp3) is 0.286. The Bertz CT molecular complexity index is 429. The highest BCUT2D eigenvalue weighted by molar-refractivity contribution is 5.83. The molecule has 6 nitrogen and oxygen atoms in total. The first-order valence-corrected chi connectivity index (χ1v) is 3.94. The zero-order valence-electron chi connectivity index (χ0n) is 6.96. The van der Waals surface area contributed by atoms with Crippen molar-refractivity contribution in [2.75, 3.05) is 18.1 Å². The Morgan fingerprint density at radius 2 is 2.08 bits per heavy atom. The molecule has 0 aliphatic rings. The van der Waals surface area contributed by atoms with E-state index >= 15 is 0 Å². The van der Waals surface area contributed by atoms with Crippen molar-refractivity contribution in [1.29, 1.82) is 0 Å². The number of nitrogens with zero attached hydrogens (tertiary/aromatic N) is 1. The molecule has 0 unspecified atom stereocenters. The molecule has 0 atom stereocenters. The largest absolute Gasteiger partial charge is 0.396 e. The fourth-order valence-corrected chi connectivity index (χ4v) is 1.41. The topological polar surface area (TPSA) is 117 Å². The van der Waals surface area contributed by atoms with E-state index in [2.05, 4.69) is 15.0 Å². The normalized spacial score (nSPS) is 11.2. The fourth-order valence-electron chi connectivity index (χ4n) is 1.41. The molecule has 2 rings (SSSR count). The summed E-state index contributed by atoms with van der Waals surface area (Å²) in [5.74, 6) is 0.878. The lowest BCUT2D eigenvalue weighted by atomic mass is 10.2. The van der Waals surface area contributed by atoms with Crippen LogP contribution in [0.5, 0.6) is 0 Å². The van der Waals surface area contributed by atoms with Gasteiger partial charge in [-0.25, -0.2) is 0 Å². The average molecular weight is 181 g/mol. The number of imidazole rings is 1. The highest BCUT2D eigenvalue weighted by Gasteiger charge is 2.11. The highest BCUT2D eigenvalue weighted by Crippen LogP contribution is 2.22. The van der Waals surface area contributed by atoms with Crippen LogP contribution < -0.4 is 11.5 Å².